The summed E-state index contributed by atoms with van der Waals surface area (Å²) in [6.07, 6.45) is 5.14. The van der Waals surface area contributed by atoms with Gasteiger partial charge in [0.15, 0.2) is 5.11 Å². The maximum Gasteiger partial charge on any atom is 0.243 e. The number of nitrogens with zero attached hydrogens (tertiary/aromatic N) is 1. The first kappa shape index (κ1) is 21.8. The Morgan fingerprint density at radius 2 is 1.81 bits per heavy atom. The number of rotatable bonds is 7. The fourth-order valence-corrected chi connectivity index (χ4v) is 4.67. The van der Waals surface area contributed by atoms with Gasteiger partial charge in [0.25, 0.3) is 0 Å². The van der Waals surface area contributed by atoms with E-state index in [2.05, 4.69) is 24.5 Å². The minimum atomic E-state index is -3.46. The van der Waals surface area contributed by atoms with Crippen molar-refractivity contribution in [3.63, 3.8) is 0 Å². The first-order valence-electron chi connectivity index (χ1n) is 9.54. The number of benzene rings is 1. The molecule has 150 valence electrons. The quantitative estimate of drug-likeness (QED) is 0.530. The summed E-state index contributed by atoms with van der Waals surface area (Å²) in [7, 11) is -3.46. The zero-order valence-electron chi connectivity index (χ0n) is 16.0. The Bertz CT molecular complexity index is 740. The van der Waals surface area contributed by atoms with E-state index in [1.807, 2.05) is 0 Å². The average molecular weight is 412 g/mol. The Kier molecular flexibility index (Phi) is 8.19. The molecule has 0 aliphatic carbocycles. The standard InChI is InChI=1S/C19H29N3O3S2/c1-3-4-5-6-18(23)21-19(26)20-16-7-9-17(10-8-16)27(24,25)22-13-11-15(2)12-14-22/h7-10,15H,3-6,11-14H2,1-2H3,(H2,20,21,23,26). The van der Waals surface area contributed by atoms with Gasteiger partial charge in [-0.25, -0.2) is 8.42 Å². The van der Waals surface area contributed by atoms with Gasteiger partial charge in [-0.15, -0.1) is 0 Å². The second-order valence-corrected chi connectivity index (χ2v) is 9.42. The maximum absolute atomic E-state index is 12.7. The highest BCUT2D eigenvalue weighted by molar-refractivity contribution is 7.89. The van der Waals surface area contributed by atoms with Gasteiger partial charge in [0.1, 0.15) is 0 Å². The summed E-state index contributed by atoms with van der Waals surface area (Å²) in [5.74, 6) is 0.459. The van der Waals surface area contributed by atoms with E-state index < -0.39 is 10.0 Å². The van der Waals surface area contributed by atoms with Gasteiger partial charge in [-0.1, -0.05) is 26.7 Å². The van der Waals surface area contributed by atoms with Gasteiger partial charge in [-0.2, -0.15) is 4.31 Å². The second-order valence-electron chi connectivity index (χ2n) is 7.07. The highest BCUT2D eigenvalue weighted by Gasteiger charge is 2.27. The Morgan fingerprint density at radius 1 is 1.19 bits per heavy atom. The summed E-state index contributed by atoms with van der Waals surface area (Å²) in [5.41, 5.74) is 0.639. The van der Waals surface area contributed by atoms with Crippen LogP contribution in [0.2, 0.25) is 0 Å². The van der Waals surface area contributed by atoms with Crippen LogP contribution >= 0.6 is 12.2 Å². The van der Waals surface area contributed by atoms with Crippen LogP contribution in [0.25, 0.3) is 0 Å². The predicted octanol–water partition coefficient (Wildman–Crippen LogP) is 3.50. The summed E-state index contributed by atoms with van der Waals surface area (Å²) in [5, 5.41) is 5.78. The third kappa shape index (κ3) is 6.55. The fourth-order valence-electron chi connectivity index (χ4n) is 2.97. The van der Waals surface area contributed by atoms with Crippen molar-refractivity contribution in [2.24, 2.45) is 5.92 Å². The number of unbranched alkanes of at least 4 members (excludes halogenated alkanes) is 2. The van der Waals surface area contributed by atoms with Crippen molar-refractivity contribution in [2.45, 2.75) is 57.3 Å². The molecule has 6 nitrogen and oxygen atoms in total. The first-order chi connectivity index (χ1) is 12.8. The Labute approximate surface area is 167 Å². The lowest BCUT2D eigenvalue weighted by Crippen LogP contribution is -2.37. The number of carbonyl (C=O) groups excluding carboxylic acids is 1. The summed E-state index contributed by atoms with van der Waals surface area (Å²) < 4.78 is 27.0. The molecule has 27 heavy (non-hydrogen) atoms. The predicted molar refractivity (Wildman–Crippen MR) is 112 cm³/mol. The number of amides is 1. The van der Waals surface area contributed by atoms with Crippen molar-refractivity contribution in [3.05, 3.63) is 24.3 Å². The molecule has 0 bridgehead atoms. The number of carbonyl (C=O) groups is 1. The number of hydrogen-bond acceptors (Lipinski definition) is 4. The highest BCUT2D eigenvalue weighted by Crippen LogP contribution is 2.24. The molecule has 2 rings (SSSR count). The molecule has 1 heterocycles. The summed E-state index contributed by atoms with van der Waals surface area (Å²) in [6.45, 7) is 5.37. The molecule has 1 aliphatic rings. The van der Waals surface area contributed by atoms with Crippen LogP contribution in [-0.4, -0.2) is 36.8 Å². The van der Waals surface area contributed by atoms with E-state index in [4.69, 9.17) is 12.2 Å². The number of nitrogens with one attached hydrogen (secondary N) is 2. The van der Waals surface area contributed by atoms with Crippen molar-refractivity contribution in [2.75, 3.05) is 18.4 Å². The molecule has 0 saturated carbocycles. The zero-order chi connectivity index (χ0) is 19.9. The van der Waals surface area contributed by atoms with Crippen molar-refractivity contribution < 1.29 is 13.2 Å². The van der Waals surface area contributed by atoms with E-state index in [0.717, 1.165) is 32.1 Å². The van der Waals surface area contributed by atoms with Crippen LogP contribution in [0, 0.1) is 5.92 Å². The molecule has 1 fully saturated rings. The van der Waals surface area contributed by atoms with Gasteiger partial charge < -0.3 is 10.6 Å². The van der Waals surface area contributed by atoms with E-state index in [1.165, 1.54) is 0 Å². The third-order valence-electron chi connectivity index (χ3n) is 4.75. The normalized spacial score (nSPS) is 16.1. The van der Waals surface area contributed by atoms with Crippen LogP contribution in [0.1, 0.15) is 52.4 Å². The van der Waals surface area contributed by atoms with Crippen LogP contribution in [0.4, 0.5) is 5.69 Å². The molecule has 0 unspecified atom stereocenters. The van der Waals surface area contributed by atoms with Crippen LogP contribution < -0.4 is 10.6 Å². The molecule has 0 radical (unpaired) electrons. The molecular weight excluding hydrogens is 382 g/mol. The van der Waals surface area contributed by atoms with Gasteiger partial charge in [0.2, 0.25) is 15.9 Å². The third-order valence-corrected chi connectivity index (χ3v) is 6.87. The summed E-state index contributed by atoms with van der Waals surface area (Å²) in [4.78, 5) is 12.1. The van der Waals surface area contributed by atoms with Crippen LogP contribution in [0.15, 0.2) is 29.2 Å². The topological polar surface area (TPSA) is 78.5 Å². The molecule has 1 amide bonds. The van der Waals surface area contributed by atoms with Crippen molar-refractivity contribution in [1.82, 2.24) is 9.62 Å². The van der Waals surface area contributed by atoms with Crippen molar-refractivity contribution in [3.8, 4) is 0 Å². The number of hydrogen-bond donors (Lipinski definition) is 2. The molecule has 1 aromatic rings. The van der Waals surface area contributed by atoms with E-state index in [9.17, 15) is 13.2 Å². The lowest BCUT2D eigenvalue weighted by Gasteiger charge is -2.29. The lowest BCUT2D eigenvalue weighted by atomic mass is 10.0. The van der Waals surface area contributed by atoms with Crippen molar-refractivity contribution in [1.29, 1.82) is 0 Å². The van der Waals surface area contributed by atoms with Gasteiger partial charge in [0, 0.05) is 25.2 Å². The number of anilines is 1. The van der Waals surface area contributed by atoms with Gasteiger partial charge in [-0.05, 0) is 61.7 Å². The van der Waals surface area contributed by atoms with Crippen LogP contribution in [-0.2, 0) is 14.8 Å². The van der Waals surface area contributed by atoms with Crippen LogP contribution in [0.3, 0.4) is 0 Å². The molecule has 0 atom stereocenters. The average Bonchev–Trinajstić information content (AvgIpc) is 2.62. The summed E-state index contributed by atoms with van der Waals surface area (Å²) in [6, 6.07) is 6.47. The number of sulfonamides is 1. The fraction of sp³-hybridized carbons (Fsp3) is 0.579. The Morgan fingerprint density at radius 3 is 2.41 bits per heavy atom. The molecule has 1 saturated heterocycles. The number of piperidine rings is 1. The van der Waals surface area contributed by atoms with E-state index >= 15 is 0 Å². The molecule has 0 spiro atoms. The van der Waals surface area contributed by atoms with Crippen LogP contribution in [0.5, 0.6) is 0 Å². The molecular formula is C19H29N3O3S2. The molecule has 1 aliphatic heterocycles. The van der Waals surface area contributed by atoms with Gasteiger partial charge in [0.05, 0.1) is 4.90 Å². The van der Waals surface area contributed by atoms with Crippen molar-refractivity contribution >= 4 is 38.9 Å². The second kappa shape index (κ2) is 10.1. The smallest absolute Gasteiger partial charge is 0.243 e. The Hall–Kier alpha value is -1.51. The molecule has 8 heteroatoms. The summed E-state index contributed by atoms with van der Waals surface area (Å²) >= 11 is 5.14. The maximum atomic E-state index is 12.7. The lowest BCUT2D eigenvalue weighted by molar-refractivity contribution is -0.119. The molecule has 1 aromatic carbocycles. The van der Waals surface area contributed by atoms with Gasteiger partial charge in [-0.3, -0.25) is 4.79 Å². The number of thiocarbonyl (C=S) groups is 1. The molecule has 2 N–H and O–H groups in total. The first-order valence-corrected chi connectivity index (χ1v) is 11.4. The highest BCUT2D eigenvalue weighted by atomic mass is 32.2. The minimum Gasteiger partial charge on any atom is -0.332 e. The van der Waals surface area contributed by atoms with E-state index in [1.54, 1.807) is 28.6 Å². The largest absolute Gasteiger partial charge is 0.332 e. The van der Waals surface area contributed by atoms with E-state index in [-0.39, 0.29) is 15.9 Å². The molecule has 0 aromatic heterocycles. The minimum absolute atomic E-state index is 0.112. The monoisotopic (exact) mass is 411 g/mol. The Balaban J connectivity index is 1.90. The van der Waals surface area contributed by atoms with Gasteiger partial charge >= 0.3 is 0 Å². The zero-order valence-corrected chi connectivity index (χ0v) is 17.7. The van der Waals surface area contributed by atoms with E-state index in [0.29, 0.717) is 31.1 Å². The SMILES string of the molecule is CCCCCC(=O)NC(=S)Nc1ccc(S(=O)(=O)N2CCC(C)CC2)cc1.